The first-order valence-electron chi connectivity index (χ1n) is 6.37. The van der Waals surface area contributed by atoms with Gasteiger partial charge in [0.25, 0.3) is 0 Å². The topological polar surface area (TPSA) is 53.1 Å². The van der Waals surface area contributed by atoms with Crippen LogP contribution in [0.1, 0.15) is 23.9 Å². The van der Waals surface area contributed by atoms with Crippen molar-refractivity contribution in [2.24, 2.45) is 12.8 Å². The van der Waals surface area contributed by atoms with Gasteiger partial charge in [-0.25, -0.2) is 4.39 Å². The van der Waals surface area contributed by atoms with Crippen LogP contribution in [0, 0.1) is 5.82 Å². The molecule has 2 N–H and O–H groups in total. The number of benzene rings is 1. The Bertz CT molecular complexity index is 613. The molecule has 0 unspecified atom stereocenters. The summed E-state index contributed by atoms with van der Waals surface area (Å²) in [6.45, 7) is 2.48. The smallest absolute Gasteiger partial charge is 0.131 e. The van der Waals surface area contributed by atoms with E-state index in [1.165, 1.54) is 12.1 Å². The van der Waals surface area contributed by atoms with Gasteiger partial charge in [0.15, 0.2) is 0 Å². The lowest BCUT2D eigenvalue weighted by atomic mass is 10.2. The number of hydrogen-bond donors (Lipinski definition) is 1. The summed E-state index contributed by atoms with van der Waals surface area (Å²) in [4.78, 5) is 0. The minimum Gasteiger partial charge on any atom is -0.487 e. The highest BCUT2D eigenvalue weighted by Crippen LogP contribution is 2.23. The first-order chi connectivity index (χ1) is 9.55. The van der Waals surface area contributed by atoms with Crippen molar-refractivity contribution < 1.29 is 9.13 Å². The lowest BCUT2D eigenvalue weighted by molar-refractivity contribution is 0.293. The van der Waals surface area contributed by atoms with Crippen LogP contribution < -0.4 is 10.5 Å². The Morgan fingerprint density at radius 1 is 1.40 bits per heavy atom. The normalized spacial score (nSPS) is 10.8. The van der Waals surface area contributed by atoms with E-state index in [-0.39, 0.29) is 19.0 Å². The Labute approximate surface area is 122 Å². The molecule has 20 heavy (non-hydrogen) atoms. The number of nitrogens with two attached hydrogens (primary N) is 1. The van der Waals surface area contributed by atoms with E-state index in [9.17, 15) is 4.39 Å². The average molecular weight is 298 g/mol. The second-order valence-corrected chi connectivity index (χ2v) is 4.85. The molecule has 0 atom stereocenters. The predicted molar refractivity (Wildman–Crippen MR) is 76.2 cm³/mol. The second-order valence-electron chi connectivity index (χ2n) is 4.47. The van der Waals surface area contributed by atoms with Gasteiger partial charge in [-0.2, -0.15) is 5.10 Å². The van der Waals surface area contributed by atoms with Crippen molar-refractivity contribution in [2.45, 2.75) is 26.5 Å². The van der Waals surface area contributed by atoms with Gasteiger partial charge >= 0.3 is 0 Å². The van der Waals surface area contributed by atoms with Crippen molar-refractivity contribution >= 4 is 11.6 Å². The molecular formula is C14H17ClFN3O. The van der Waals surface area contributed by atoms with Crippen LogP contribution in [0.4, 0.5) is 4.39 Å². The summed E-state index contributed by atoms with van der Waals surface area (Å²) in [5.74, 6) is 0.0639. The number of nitrogens with zero attached hydrogens (tertiary/aromatic N) is 2. The zero-order valence-corrected chi connectivity index (χ0v) is 12.2. The SMILES string of the molecule is CCc1nn(C)c(COc2cc(F)cc(CN)c2)c1Cl. The Kier molecular flexibility index (Phi) is 4.62. The molecule has 1 heterocycles. The maximum Gasteiger partial charge on any atom is 0.131 e. The molecule has 0 saturated carbocycles. The van der Waals surface area contributed by atoms with Gasteiger partial charge in [-0.15, -0.1) is 0 Å². The van der Waals surface area contributed by atoms with Gasteiger partial charge in [0.1, 0.15) is 18.2 Å². The summed E-state index contributed by atoms with van der Waals surface area (Å²) in [6, 6.07) is 4.43. The lowest BCUT2D eigenvalue weighted by Gasteiger charge is -2.08. The molecule has 0 bridgehead atoms. The van der Waals surface area contributed by atoms with Crippen LogP contribution in [0.2, 0.25) is 5.02 Å². The van der Waals surface area contributed by atoms with Crippen molar-refractivity contribution in [3.63, 3.8) is 0 Å². The summed E-state index contributed by atoms with van der Waals surface area (Å²) < 4.78 is 20.7. The maximum absolute atomic E-state index is 13.4. The zero-order valence-electron chi connectivity index (χ0n) is 11.5. The van der Waals surface area contributed by atoms with E-state index in [0.29, 0.717) is 16.3 Å². The van der Waals surface area contributed by atoms with E-state index in [4.69, 9.17) is 22.1 Å². The van der Waals surface area contributed by atoms with Crippen LogP contribution >= 0.6 is 11.6 Å². The molecule has 0 spiro atoms. The summed E-state index contributed by atoms with van der Waals surface area (Å²) in [5.41, 5.74) is 7.79. The molecule has 0 saturated heterocycles. The monoisotopic (exact) mass is 297 g/mol. The molecule has 2 rings (SSSR count). The molecule has 1 aromatic carbocycles. The fourth-order valence-electron chi connectivity index (χ4n) is 1.95. The molecule has 108 valence electrons. The minimum absolute atomic E-state index is 0.232. The molecule has 0 aliphatic heterocycles. The number of hydrogen-bond acceptors (Lipinski definition) is 3. The highest BCUT2D eigenvalue weighted by molar-refractivity contribution is 6.31. The molecule has 0 amide bonds. The zero-order chi connectivity index (χ0) is 14.7. The molecule has 0 fully saturated rings. The van der Waals surface area contributed by atoms with Gasteiger partial charge in [-0.05, 0) is 24.1 Å². The van der Waals surface area contributed by atoms with Gasteiger partial charge in [0, 0.05) is 19.7 Å². The molecule has 0 aliphatic rings. The van der Waals surface area contributed by atoms with Crippen LogP contribution in [0.25, 0.3) is 0 Å². The third kappa shape index (κ3) is 3.11. The standard InChI is InChI=1S/C14H17ClFN3O/c1-3-12-14(15)13(19(2)18-12)8-20-11-5-9(7-17)4-10(16)6-11/h4-6H,3,7-8,17H2,1-2H3. The van der Waals surface area contributed by atoms with E-state index in [0.717, 1.165) is 17.8 Å². The first kappa shape index (κ1) is 14.8. The Morgan fingerprint density at radius 2 is 2.15 bits per heavy atom. The molecule has 4 nitrogen and oxygen atoms in total. The number of aryl methyl sites for hydroxylation is 2. The summed E-state index contributed by atoms with van der Waals surface area (Å²) in [6.07, 6.45) is 0.754. The van der Waals surface area contributed by atoms with Crippen LogP contribution in [-0.2, 0) is 26.6 Å². The second kappa shape index (κ2) is 6.24. The summed E-state index contributed by atoms with van der Waals surface area (Å²) >= 11 is 6.23. The van der Waals surface area contributed by atoms with Gasteiger partial charge < -0.3 is 10.5 Å². The lowest BCUT2D eigenvalue weighted by Crippen LogP contribution is -2.04. The number of rotatable bonds is 5. The van der Waals surface area contributed by atoms with Gasteiger partial charge in [-0.1, -0.05) is 18.5 Å². The van der Waals surface area contributed by atoms with Gasteiger partial charge in [0.05, 0.1) is 16.4 Å². The fraction of sp³-hybridized carbons (Fsp3) is 0.357. The summed E-state index contributed by atoms with van der Waals surface area (Å²) in [7, 11) is 1.81. The van der Waals surface area contributed by atoms with Crippen molar-refractivity contribution in [3.8, 4) is 5.75 Å². The van der Waals surface area contributed by atoms with Crippen LogP contribution in [0.3, 0.4) is 0 Å². The fourth-order valence-corrected chi connectivity index (χ4v) is 2.30. The van der Waals surface area contributed by atoms with E-state index >= 15 is 0 Å². The Morgan fingerprint density at radius 3 is 2.75 bits per heavy atom. The highest BCUT2D eigenvalue weighted by Gasteiger charge is 2.13. The van der Waals surface area contributed by atoms with Crippen molar-refractivity contribution in [3.05, 3.63) is 46.0 Å². The molecule has 0 aliphatic carbocycles. The van der Waals surface area contributed by atoms with E-state index < -0.39 is 0 Å². The Balaban J connectivity index is 2.16. The maximum atomic E-state index is 13.4. The van der Waals surface area contributed by atoms with Crippen molar-refractivity contribution in [1.82, 2.24) is 9.78 Å². The van der Waals surface area contributed by atoms with Crippen LogP contribution in [-0.4, -0.2) is 9.78 Å². The third-order valence-corrected chi connectivity index (χ3v) is 3.48. The number of ether oxygens (including phenoxy) is 1. The minimum atomic E-state index is -0.367. The summed E-state index contributed by atoms with van der Waals surface area (Å²) in [5, 5.41) is 4.91. The molecule has 6 heteroatoms. The van der Waals surface area contributed by atoms with Crippen molar-refractivity contribution in [1.29, 1.82) is 0 Å². The molecule has 2 aromatic rings. The van der Waals surface area contributed by atoms with Crippen LogP contribution in [0.5, 0.6) is 5.75 Å². The third-order valence-electron chi connectivity index (χ3n) is 3.05. The van der Waals surface area contributed by atoms with Crippen LogP contribution in [0.15, 0.2) is 18.2 Å². The average Bonchev–Trinajstić information content (AvgIpc) is 2.70. The molecule has 0 radical (unpaired) electrons. The number of aromatic nitrogens is 2. The van der Waals surface area contributed by atoms with Gasteiger partial charge in [0.2, 0.25) is 0 Å². The van der Waals surface area contributed by atoms with Gasteiger partial charge in [-0.3, -0.25) is 4.68 Å². The largest absolute Gasteiger partial charge is 0.487 e. The molecule has 1 aromatic heterocycles. The van der Waals surface area contributed by atoms with Crippen molar-refractivity contribution in [2.75, 3.05) is 0 Å². The number of halogens is 2. The van der Waals surface area contributed by atoms with E-state index in [2.05, 4.69) is 5.10 Å². The molecular weight excluding hydrogens is 281 g/mol. The first-order valence-corrected chi connectivity index (χ1v) is 6.75. The quantitative estimate of drug-likeness (QED) is 0.923. The Hall–Kier alpha value is -1.59. The van der Waals surface area contributed by atoms with E-state index in [1.54, 1.807) is 17.8 Å². The highest BCUT2D eigenvalue weighted by atomic mass is 35.5. The predicted octanol–water partition coefficient (Wildman–Crippen LogP) is 2.81. The van der Waals surface area contributed by atoms with E-state index in [1.807, 2.05) is 6.92 Å².